The molecule has 0 radical (unpaired) electrons. The lowest BCUT2D eigenvalue weighted by atomic mass is 9.97. The first-order valence-corrected chi connectivity index (χ1v) is 17.5. The van der Waals surface area contributed by atoms with Crippen molar-refractivity contribution in [3.63, 3.8) is 0 Å². The van der Waals surface area contributed by atoms with Gasteiger partial charge in [0.05, 0.1) is 25.9 Å². The van der Waals surface area contributed by atoms with Crippen LogP contribution in [0.25, 0.3) is 0 Å². The molecule has 1 fully saturated rings. The zero-order valence-corrected chi connectivity index (χ0v) is 26.2. The molecule has 18 heteroatoms. The summed E-state index contributed by atoms with van der Waals surface area (Å²) in [6.45, 7) is 3.12. The molecule has 0 bridgehead atoms. The molecule has 1 saturated heterocycles. The standard InChI is InChI=1S/C26H29F4N5O6S3/c1-15(2)44(40,18-6-4-5-17(11-18)41-43(3,38)39)33-25(37)20-14-42-26(31-20)16-7-9-34(10-8-16)22(36)13-35-21(24(29)30)12-19(32-35)23(27)28/h4-6,11-12,14-16,23-24H,7-10,13H2,1-3H3. The van der Waals surface area contributed by atoms with E-state index in [1.54, 1.807) is 13.8 Å². The van der Waals surface area contributed by atoms with E-state index >= 15 is 0 Å². The number of alkyl halides is 4. The van der Waals surface area contributed by atoms with Gasteiger partial charge in [0, 0.05) is 29.6 Å². The third-order valence-electron chi connectivity index (χ3n) is 6.75. The van der Waals surface area contributed by atoms with Crippen LogP contribution in [0, 0.1) is 0 Å². The molecule has 240 valence electrons. The number of likely N-dealkylation sites (tertiary alicyclic amines) is 1. The molecule has 0 saturated carbocycles. The van der Waals surface area contributed by atoms with Gasteiger partial charge in [0.1, 0.15) is 29.4 Å². The number of rotatable bonds is 10. The largest absolute Gasteiger partial charge is 0.383 e. The van der Waals surface area contributed by atoms with Gasteiger partial charge in [-0.3, -0.25) is 14.3 Å². The van der Waals surface area contributed by atoms with Gasteiger partial charge in [-0.1, -0.05) is 6.07 Å². The summed E-state index contributed by atoms with van der Waals surface area (Å²) in [6, 6.07) is 6.14. The topological polar surface area (TPSA) is 141 Å². The number of hydrogen-bond donors (Lipinski definition) is 0. The summed E-state index contributed by atoms with van der Waals surface area (Å²) < 4.78 is 98.9. The minimum absolute atomic E-state index is 0.0199. The third-order valence-corrected chi connectivity index (χ3v) is 10.9. The number of aromatic nitrogens is 3. The zero-order chi connectivity index (χ0) is 32.4. The van der Waals surface area contributed by atoms with Crippen molar-refractivity contribution in [1.82, 2.24) is 19.7 Å². The highest BCUT2D eigenvalue weighted by molar-refractivity contribution is 7.94. The number of carbonyl (C=O) groups is 2. The van der Waals surface area contributed by atoms with E-state index in [4.69, 9.17) is 4.18 Å². The first kappa shape index (κ1) is 33.5. The zero-order valence-electron chi connectivity index (χ0n) is 23.7. The normalized spacial score (nSPS) is 16.0. The monoisotopic (exact) mass is 679 g/mol. The van der Waals surface area contributed by atoms with Crippen LogP contribution < -0.4 is 4.18 Å². The van der Waals surface area contributed by atoms with E-state index in [0.717, 1.165) is 6.26 Å². The molecule has 44 heavy (non-hydrogen) atoms. The lowest BCUT2D eigenvalue weighted by molar-refractivity contribution is -0.133. The lowest BCUT2D eigenvalue weighted by Gasteiger charge is -2.31. The Hall–Kier alpha value is -3.38. The maximum atomic E-state index is 13.9. The molecule has 0 aliphatic carbocycles. The Labute approximate surface area is 255 Å². The van der Waals surface area contributed by atoms with Crippen molar-refractivity contribution in [2.24, 2.45) is 4.36 Å². The Morgan fingerprint density at radius 3 is 2.36 bits per heavy atom. The third kappa shape index (κ3) is 7.82. The predicted octanol–water partition coefficient (Wildman–Crippen LogP) is 5.04. The van der Waals surface area contributed by atoms with Crippen LogP contribution >= 0.6 is 11.3 Å². The first-order chi connectivity index (χ1) is 20.6. The van der Waals surface area contributed by atoms with Gasteiger partial charge >= 0.3 is 16.0 Å². The number of thiazole rings is 1. The molecule has 1 atom stereocenters. The van der Waals surface area contributed by atoms with Gasteiger partial charge in [-0.25, -0.2) is 26.8 Å². The van der Waals surface area contributed by atoms with E-state index in [1.165, 1.54) is 45.9 Å². The van der Waals surface area contributed by atoms with Crippen molar-refractivity contribution < 1.29 is 44.0 Å². The fraction of sp³-hybridized carbons (Fsp3) is 0.462. The Morgan fingerprint density at radius 1 is 1.09 bits per heavy atom. The summed E-state index contributed by atoms with van der Waals surface area (Å²) >= 11 is 1.20. The maximum absolute atomic E-state index is 13.9. The van der Waals surface area contributed by atoms with E-state index in [1.807, 2.05) is 0 Å². The highest BCUT2D eigenvalue weighted by Gasteiger charge is 2.29. The van der Waals surface area contributed by atoms with Crippen molar-refractivity contribution in [2.45, 2.75) is 62.1 Å². The summed E-state index contributed by atoms with van der Waals surface area (Å²) in [5.74, 6) is -1.56. The number of piperidine rings is 1. The first-order valence-electron chi connectivity index (χ1n) is 13.2. The van der Waals surface area contributed by atoms with E-state index in [0.29, 0.717) is 28.6 Å². The summed E-state index contributed by atoms with van der Waals surface area (Å²) in [5.41, 5.74) is -1.61. The van der Waals surface area contributed by atoms with Gasteiger partial charge in [-0.2, -0.15) is 17.9 Å². The summed E-state index contributed by atoms with van der Waals surface area (Å²) in [7, 11) is -7.19. The fourth-order valence-corrected chi connectivity index (χ4v) is 7.70. The average Bonchev–Trinajstić information content (AvgIpc) is 3.60. The summed E-state index contributed by atoms with van der Waals surface area (Å²) in [4.78, 5) is 31.8. The molecule has 0 N–H and O–H groups in total. The Balaban J connectivity index is 1.44. The molecule has 1 aliphatic heterocycles. The fourth-order valence-electron chi connectivity index (χ4n) is 4.52. The van der Waals surface area contributed by atoms with Crippen LogP contribution in [0.5, 0.6) is 5.75 Å². The highest BCUT2D eigenvalue weighted by atomic mass is 32.2. The molecule has 3 aromatic rings. The number of carbonyl (C=O) groups excluding carboxylic acids is 2. The molecule has 1 aliphatic rings. The second kappa shape index (κ2) is 13.3. The van der Waals surface area contributed by atoms with Crippen molar-refractivity contribution in [3.05, 3.63) is 57.8 Å². The second-order valence-corrected chi connectivity index (χ2v) is 15.5. The lowest BCUT2D eigenvalue weighted by Crippen LogP contribution is -2.40. The number of amides is 2. The molecular weight excluding hydrogens is 651 g/mol. The Morgan fingerprint density at radius 2 is 1.77 bits per heavy atom. The SMILES string of the molecule is CC(C)S(=O)(=NC(=O)c1csc(C2CCN(C(=O)Cn3nc(C(F)F)cc3C(F)F)CC2)n1)c1cccc(OS(C)(=O)=O)c1. The van der Waals surface area contributed by atoms with Gasteiger partial charge in [0.2, 0.25) is 5.91 Å². The predicted molar refractivity (Wildman–Crippen MR) is 153 cm³/mol. The van der Waals surface area contributed by atoms with Crippen LogP contribution in [-0.4, -0.2) is 68.7 Å². The van der Waals surface area contributed by atoms with Gasteiger partial charge in [-0.05, 0) is 51.0 Å². The van der Waals surface area contributed by atoms with Crippen molar-refractivity contribution in [1.29, 1.82) is 0 Å². The molecule has 11 nitrogen and oxygen atoms in total. The Bertz CT molecular complexity index is 1760. The molecule has 2 aromatic heterocycles. The van der Waals surface area contributed by atoms with Gasteiger partial charge in [0.25, 0.3) is 12.9 Å². The molecule has 0 spiro atoms. The van der Waals surface area contributed by atoms with Crippen LogP contribution in [0.2, 0.25) is 0 Å². The number of nitrogens with zero attached hydrogens (tertiary/aromatic N) is 5. The average molecular weight is 680 g/mol. The summed E-state index contributed by atoms with van der Waals surface area (Å²) in [5, 5.41) is 4.93. The van der Waals surface area contributed by atoms with Crippen LogP contribution in [0.1, 0.15) is 72.3 Å². The van der Waals surface area contributed by atoms with Crippen molar-refractivity contribution >= 4 is 43.0 Å². The van der Waals surface area contributed by atoms with Gasteiger partial charge < -0.3 is 9.08 Å². The quantitative estimate of drug-likeness (QED) is 0.215. The van der Waals surface area contributed by atoms with Gasteiger partial charge in [0.15, 0.2) is 0 Å². The van der Waals surface area contributed by atoms with Crippen LogP contribution in [0.3, 0.4) is 0 Å². The second-order valence-electron chi connectivity index (χ2n) is 10.3. The van der Waals surface area contributed by atoms with E-state index in [2.05, 4.69) is 14.4 Å². The van der Waals surface area contributed by atoms with Gasteiger partial charge in [-0.15, -0.1) is 11.3 Å². The molecule has 1 aromatic carbocycles. The number of benzene rings is 1. The van der Waals surface area contributed by atoms with E-state index < -0.39 is 67.7 Å². The van der Waals surface area contributed by atoms with E-state index in [9.17, 15) is 39.8 Å². The van der Waals surface area contributed by atoms with Crippen LogP contribution in [0.15, 0.2) is 45.0 Å². The maximum Gasteiger partial charge on any atom is 0.306 e. The smallest absolute Gasteiger partial charge is 0.306 e. The van der Waals surface area contributed by atoms with Crippen molar-refractivity contribution in [3.8, 4) is 5.75 Å². The Kier molecular flexibility index (Phi) is 10.1. The number of halogens is 4. The molecule has 1 unspecified atom stereocenters. The minimum Gasteiger partial charge on any atom is -0.383 e. The molecule has 4 rings (SSSR count). The molecule has 2 amide bonds. The number of hydrogen-bond acceptors (Lipinski definition) is 9. The van der Waals surface area contributed by atoms with E-state index in [-0.39, 0.29) is 35.3 Å². The van der Waals surface area contributed by atoms with Crippen molar-refractivity contribution in [2.75, 3.05) is 19.3 Å². The van der Waals surface area contributed by atoms with Crippen LogP contribution in [-0.2, 0) is 31.2 Å². The highest BCUT2D eigenvalue weighted by Crippen LogP contribution is 2.32. The molecule has 3 heterocycles. The minimum atomic E-state index is -3.84. The molecular formula is C26H29F4N5O6S3. The van der Waals surface area contributed by atoms with Crippen LogP contribution in [0.4, 0.5) is 17.6 Å². The summed E-state index contributed by atoms with van der Waals surface area (Å²) in [6.07, 6.45) is -4.36.